The zero-order valence-corrected chi connectivity index (χ0v) is 11.7. The van der Waals surface area contributed by atoms with Crippen LogP contribution in [0.25, 0.3) is 4.96 Å². The fourth-order valence-corrected chi connectivity index (χ4v) is 2.71. The first kappa shape index (κ1) is 12.7. The van der Waals surface area contributed by atoms with Gasteiger partial charge in [0.2, 0.25) is 4.96 Å². The van der Waals surface area contributed by atoms with Gasteiger partial charge in [-0.05, 0) is 26.0 Å². The van der Waals surface area contributed by atoms with Crippen molar-refractivity contribution in [2.45, 2.75) is 13.8 Å². The van der Waals surface area contributed by atoms with Gasteiger partial charge in [0.15, 0.2) is 0 Å². The number of aromatic nitrogens is 3. The van der Waals surface area contributed by atoms with Crippen LogP contribution in [0.4, 0.5) is 10.3 Å². The minimum Gasteiger partial charge on any atom is -0.289 e. The molecule has 1 aromatic carbocycles. The normalized spacial score (nSPS) is 10.9. The van der Waals surface area contributed by atoms with Crippen LogP contribution in [0.15, 0.2) is 24.3 Å². The molecule has 0 aliphatic heterocycles. The van der Waals surface area contributed by atoms with Crippen LogP contribution in [0.2, 0.25) is 0 Å². The summed E-state index contributed by atoms with van der Waals surface area (Å²) < 4.78 is 15.2. The Morgan fingerprint density at radius 3 is 2.80 bits per heavy atom. The van der Waals surface area contributed by atoms with Gasteiger partial charge in [-0.15, -0.1) is 5.10 Å². The Morgan fingerprint density at radius 1 is 1.35 bits per heavy atom. The van der Waals surface area contributed by atoms with E-state index in [1.807, 2.05) is 13.8 Å². The van der Waals surface area contributed by atoms with Gasteiger partial charge in [0, 0.05) is 4.88 Å². The molecular weight excluding hydrogens is 279 g/mol. The predicted octanol–water partition coefficient (Wildman–Crippen LogP) is 2.80. The van der Waals surface area contributed by atoms with Crippen molar-refractivity contribution in [3.05, 3.63) is 46.2 Å². The minimum atomic E-state index is -0.571. The van der Waals surface area contributed by atoms with E-state index in [0.29, 0.717) is 4.96 Å². The smallest absolute Gasteiger partial charge is 0.261 e. The molecule has 0 spiro atoms. The second-order valence-corrected chi connectivity index (χ2v) is 5.49. The maximum absolute atomic E-state index is 13.5. The van der Waals surface area contributed by atoms with E-state index in [1.54, 1.807) is 10.6 Å². The van der Waals surface area contributed by atoms with E-state index in [1.165, 1.54) is 29.5 Å². The van der Waals surface area contributed by atoms with Gasteiger partial charge in [-0.2, -0.15) is 4.98 Å². The quantitative estimate of drug-likeness (QED) is 0.789. The highest BCUT2D eigenvalue weighted by Crippen LogP contribution is 2.21. The minimum absolute atomic E-state index is 0.0291. The number of nitrogens with one attached hydrogen (secondary N) is 1. The molecule has 0 bridgehead atoms. The average Bonchev–Trinajstić information content (AvgIpc) is 2.90. The van der Waals surface area contributed by atoms with Crippen LogP contribution in [0.3, 0.4) is 0 Å². The van der Waals surface area contributed by atoms with E-state index < -0.39 is 11.7 Å². The molecule has 7 heteroatoms. The molecule has 3 aromatic rings. The lowest BCUT2D eigenvalue weighted by Crippen LogP contribution is -2.14. The summed E-state index contributed by atoms with van der Waals surface area (Å²) in [5.41, 5.74) is 0.947. The fourth-order valence-electron chi connectivity index (χ4n) is 1.81. The number of rotatable bonds is 2. The summed E-state index contributed by atoms with van der Waals surface area (Å²) in [7, 11) is 0. The van der Waals surface area contributed by atoms with Crippen LogP contribution in [0.5, 0.6) is 0 Å². The SMILES string of the molecule is Cc1sc2nc(NC(=O)c3ccccc3F)nn2c1C. The summed E-state index contributed by atoms with van der Waals surface area (Å²) in [5, 5.41) is 6.70. The second-order valence-electron chi connectivity index (χ2n) is 4.31. The third-order valence-electron chi connectivity index (χ3n) is 2.99. The second kappa shape index (κ2) is 4.68. The molecule has 2 aromatic heterocycles. The highest BCUT2D eigenvalue weighted by atomic mass is 32.1. The van der Waals surface area contributed by atoms with E-state index in [-0.39, 0.29) is 11.5 Å². The van der Waals surface area contributed by atoms with Gasteiger partial charge in [-0.3, -0.25) is 10.1 Å². The topological polar surface area (TPSA) is 59.3 Å². The molecular formula is C13H11FN4OS. The van der Waals surface area contributed by atoms with Crippen LogP contribution in [-0.2, 0) is 0 Å². The molecule has 0 atom stereocenters. The van der Waals surface area contributed by atoms with E-state index in [9.17, 15) is 9.18 Å². The number of carbonyl (C=O) groups is 1. The third-order valence-corrected chi connectivity index (χ3v) is 4.04. The van der Waals surface area contributed by atoms with Gasteiger partial charge < -0.3 is 0 Å². The first-order chi connectivity index (χ1) is 9.56. The molecule has 5 nitrogen and oxygen atoms in total. The number of hydrogen-bond donors (Lipinski definition) is 1. The van der Waals surface area contributed by atoms with Crippen molar-refractivity contribution in [3.63, 3.8) is 0 Å². The number of hydrogen-bond acceptors (Lipinski definition) is 4. The Labute approximate surface area is 118 Å². The molecule has 0 radical (unpaired) electrons. The van der Waals surface area contributed by atoms with E-state index in [2.05, 4.69) is 15.4 Å². The maximum atomic E-state index is 13.5. The Hall–Kier alpha value is -2.28. The highest BCUT2D eigenvalue weighted by Gasteiger charge is 2.15. The number of anilines is 1. The number of thiazole rings is 1. The number of fused-ring (bicyclic) bond motifs is 1. The van der Waals surface area contributed by atoms with Gasteiger partial charge in [-0.1, -0.05) is 23.5 Å². The summed E-state index contributed by atoms with van der Waals surface area (Å²) in [5.74, 6) is -0.957. The highest BCUT2D eigenvalue weighted by molar-refractivity contribution is 7.17. The molecule has 0 saturated carbocycles. The van der Waals surface area contributed by atoms with Crippen molar-refractivity contribution in [2.75, 3.05) is 5.32 Å². The van der Waals surface area contributed by atoms with Crippen LogP contribution < -0.4 is 5.32 Å². The summed E-state index contributed by atoms with van der Waals surface area (Å²) in [6.07, 6.45) is 0. The first-order valence-corrected chi connectivity index (χ1v) is 6.76. The van der Waals surface area contributed by atoms with Gasteiger partial charge >= 0.3 is 0 Å². The molecule has 0 fully saturated rings. The number of carbonyl (C=O) groups excluding carboxylic acids is 1. The van der Waals surface area contributed by atoms with Crippen molar-refractivity contribution in [1.29, 1.82) is 0 Å². The van der Waals surface area contributed by atoms with Crippen LogP contribution >= 0.6 is 11.3 Å². The first-order valence-electron chi connectivity index (χ1n) is 5.95. The van der Waals surface area contributed by atoms with Crippen molar-refractivity contribution < 1.29 is 9.18 Å². The average molecular weight is 290 g/mol. The fraction of sp³-hybridized carbons (Fsp3) is 0.154. The summed E-state index contributed by atoms with van der Waals surface area (Å²) in [6.45, 7) is 3.91. The Bertz CT molecular complexity index is 808. The molecule has 0 unspecified atom stereocenters. The Morgan fingerprint density at radius 2 is 2.10 bits per heavy atom. The standard InChI is InChI=1S/C13H11FN4OS/c1-7-8(2)20-13-16-12(17-18(7)13)15-11(19)9-5-3-4-6-10(9)14/h3-6H,1-2H3,(H,15,17,19). The number of nitrogens with zero attached hydrogens (tertiary/aromatic N) is 3. The monoisotopic (exact) mass is 290 g/mol. The van der Waals surface area contributed by atoms with E-state index in [0.717, 1.165) is 10.6 Å². The van der Waals surface area contributed by atoms with Gasteiger partial charge in [-0.25, -0.2) is 8.91 Å². The molecule has 0 saturated heterocycles. The summed E-state index contributed by atoms with van der Waals surface area (Å²) >= 11 is 1.49. The number of benzene rings is 1. The predicted molar refractivity (Wildman–Crippen MR) is 74.7 cm³/mol. The Kier molecular flexibility index (Phi) is 2.98. The van der Waals surface area contributed by atoms with Crippen molar-refractivity contribution >= 4 is 28.2 Å². The van der Waals surface area contributed by atoms with E-state index in [4.69, 9.17) is 0 Å². The van der Waals surface area contributed by atoms with Gasteiger partial charge in [0.05, 0.1) is 11.3 Å². The molecule has 1 amide bonds. The molecule has 2 heterocycles. The zero-order chi connectivity index (χ0) is 14.3. The summed E-state index contributed by atoms with van der Waals surface area (Å²) in [6, 6.07) is 5.79. The van der Waals surface area contributed by atoms with Gasteiger partial charge in [0.1, 0.15) is 5.82 Å². The number of amides is 1. The molecule has 20 heavy (non-hydrogen) atoms. The molecule has 102 valence electrons. The number of halogens is 1. The molecule has 3 rings (SSSR count). The lowest BCUT2D eigenvalue weighted by atomic mass is 10.2. The lowest BCUT2D eigenvalue weighted by Gasteiger charge is -2.01. The third kappa shape index (κ3) is 2.05. The van der Waals surface area contributed by atoms with Crippen molar-refractivity contribution in [3.8, 4) is 0 Å². The lowest BCUT2D eigenvalue weighted by molar-refractivity contribution is 0.102. The maximum Gasteiger partial charge on any atom is 0.261 e. The summed E-state index contributed by atoms with van der Waals surface area (Å²) in [4.78, 5) is 18.0. The molecule has 1 N–H and O–H groups in total. The molecule has 0 aliphatic carbocycles. The van der Waals surface area contributed by atoms with Crippen LogP contribution in [0, 0.1) is 19.7 Å². The van der Waals surface area contributed by atoms with Crippen LogP contribution in [-0.4, -0.2) is 20.5 Å². The van der Waals surface area contributed by atoms with Crippen molar-refractivity contribution in [2.24, 2.45) is 0 Å². The largest absolute Gasteiger partial charge is 0.289 e. The molecule has 0 aliphatic rings. The number of aryl methyl sites for hydroxylation is 2. The van der Waals surface area contributed by atoms with Gasteiger partial charge in [0.25, 0.3) is 11.9 Å². The van der Waals surface area contributed by atoms with Crippen molar-refractivity contribution in [1.82, 2.24) is 14.6 Å². The zero-order valence-electron chi connectivity index (χ0n) is 10.8. The van der Waals surface area contributed by atoms with E-state index >= 15 is 0 Å². The van der Waals surface area contributed by atoms with Crippen LogP contribution in [0.1, 0.15) is 20.9 Å². The Balaban J connectivity index is 1.90.